The van der Waals surface area contributed by atoms with E-state index in [0.29, 0.717) is 11.4 Å². The smallest absolute Gasteiger partial charge is 0.408 e. The van der Waals surface area contributed by atoms with Crippen molar-refractivity contribution in [3.05, 3.63) is 22.8 Å². The third kappa shape index (κ3) is 3.32. The number of nitrogens with zero attached hydrogens (tertiary/aromatic N) is 3. The van der Waals surface area contributed by atoms with Crippen LogP contribution in [-0.4, -0.2) is 50.8 Å². The first-order valence-electron chi connectivity index (χ1n) is 5.97. The highest BCUT2D eigenvalue weighted by Gasteiger charge is 2.39. The lowest BCUT2D eigenvalue weighted by Gasteiger charge is -2.16. The van der Waals surface area contributed by atoms with Crippen molar-refractivity contribution in [2.24, 2.45) is 0 Å². The van der Waals surface area contributed by atoms with E-state index in [1.54, 1.807) is 0 Å². The molecule has 0 spiro atoms. The predicted molar refractivity (Wildman–Crippen MR) is 72.1 cm³/mol. The van der Waals surface area contributed by atoms with E-state index in [-0.39, 0.29) is 18.1 Å². The second kappa shape index (κ2) is 5.85. The van der Waals surface area contributed by atoms with Crippen LogP contribution in [0.2, 0.25) is 5.15 Å². The van der Waals surface area contributed by atoms with E-state index in [1.165, 1.54) is 12.1 Å². The summed E-state index contributed by atoms with van der Waals surface area (Å²) >= 11 is 5.77. The maximum Gasteiger partial charge on any atom is 0.408 e. The van der Waals surface area contributed by atoms with Crippen LogP contribution in [-0.2, 0) is 4.79 Å². The lowest BCUT2D eigenvalue weighted by Crippen LogP contribution is -2.39. The van der Waals surface area contributed by atoms with Gasteiger partial charge in [0.25, 0.3) is 0 Å². The number of hydrogen-bond donors (Lipinski definition) is 3. The molecule has 21 heavy (non-hydrogen) atoms. The van der Waals surface area contributed by atoms with Crippen molar-refractivity contribution in [1.29, 1.82) is 5.26 Å². The molecule has 2 heterocycles. The van der Waals surface area contributed by atoms with E-state index in [2.05, 4.69) is 10.3 Å². The molecular weight excluding hydrogens is 300 g/mol. The Morgan fingerprint density at radius 1 is 1.48 bits per heavy atom. The highest BCUT2D eigenvalue weighted by Crippen LogP contribution is 2.22. The molecule has 0 saturated carbocycles. The summed E-state index contributed by atoms with van der Waals surface area (Å²) < 4.78 is 0. The van der Waals surface area contributed by atoms with Crippen LogP contribution >= 0.6 is 11.6 Å². The summed E-state index contributed by atoms with van der Waals surface area (Å²) in [6.07, 6.45) is -1.18. The van der Waals surface area contributed by atoms with E-state index in [0.717, 1.165) is 4.90 Å². The number of pyridine rings is 1. The van der Waals surface area contributed by atoms with Crippen molar-refractivity contribution in [3.63, 3.8) is 0 Å². The van der Waals surface area contributed by atoms with Crippen LogP contribution in [0.4, 0.5) is 10.6 Å². The number of hydrogen-bond acceptors (Lipinski definition) is 5. The average Bonchev–Trinajstić information content (AvgIpc) is 2.82. The fraction of sp³-hybridized carbons (Fsp3) is 0.333. The third-order valence-corrected chi connectivity index (χ3v) is 3.30. The van der Waals surface area contributed by atoms with E-state index in [9.17, 15) is 9.59 Å². The van der Waals surface area contributed by atoms with Crippen LogP contribution in [0, 0.1) is 11.3 Å². The molecule has 1 amide bonds. The molecule has 0 radical (unpaired) electrons. The number of nitriles is 1. The van der Waals surface area contributed by atoms with Crippen molar-refractivity contribution >= 4 is 29.5 Å². The van der Waals surface area contributed by atoms with E-state index < -0.39 is 24.1 Å². The summed E-state index contributed by atoms with van der Waals surface area (Å²) in [6.45, 7) is 0.0163. The number of halogens is 1. The Balaban J connectivity index is 2.14. The molecule has 0 bridgehead atoms. The van der Waals surface area contributed by atoms with Gasteiger partial charge in [-0.05, 0) is 12.1 Å². The molecule has 1 fully saturated rings. The molecule has 1 aliphatic heterocycles. The second-order valence-electron chi connectivity index (χ2n) is 4.54. The van der Waals surface area contributed by atoms with Gasteiger partial charge in [-0.1, -0.05) is 11.6 Å². The van der Waals surface area contributed by atoms with Crippen LogP contribution in [0.15, 0.2) is 12.1 Å². The maximum atomic E-state index is 11.1. The van der Waals surface area contributed by atoms with Crippen molar-refractivity contribution in [2.75, 3.05) is 11.9 Å². The summed E-state index contributed by atoms with van der Waals surface area (Å²) in [6, 6.07) is 3.26. The molecule has 1 saturated heterocycles. The van der Waals surface area contributed by atoms with Crippen LogP contribution in [0.5, 0.6) is 0 Å². The van der Waals surface area contributed by atoms with Gasteiger partial charge in [-0.15, -0.1) is 0 Å². The number of nitrogens with one attached hydrogen (secondary N) is 1. The van der Waals surface area contributed by atoms with Gasteiger partial charge in [-0.3, -0.25) is 4.90 Å². The first-order chi connectivity index (χ1) is 9.90. The highest BCUT2D eigenvalue weighted by atomic mass is 35.5. The molecule has 2 atom stereocenters. The Morgan fingerprint density at radius 3 is 2.71 bits per heavy atom. The molecule has 0 aromatic carbocycles. The minimum atomic E-state index is -1.29. The summed E-state index contributed by atoms with van der Waals surface area (Å²) in [5.41, 5.74) is 0.306. The Kier molecular flexibility index (Phi) is 4.14. The molecule has 0 unspecified atom stereocenters. The van der Waals surface area contributed by atoms with Gasteiger partial charge in [-0.2, -0.15) is 5.26 Å². The molecule has 1 aromatic rings. The maximum absolute atomic E-state index is 11.1. The minimum absolute atomic E-state index is 0.0163. The predicted octanol–water partition coefficient (Wildman–Crippen LogP) is 1.22. The number of rotatable bonds is 3. The number of aliphatic carboxylic acids is 1. The zero-order valence-corrected chi connectivity index (χ0v) is 11.4. The molecular formula is C12H11ClN4O4. The van der Waals surface area contributed by atoms with Crippen molar-refractivity contribution in [3.8, 4) is 6.07 Å². The lowest BCUT2D eigenvalue weighted by molar-refractivity contribution is -0.141. The number of aromatic nitrogens is 1. The van der Waals surface area contributed by atoms with Gasteiger partial charge >= 0.3 is 12.1 Å². The molecule has 110 valence electrons. The standard InChI is InChI=1S/C12H11ClN4O4/c13-9-1-6(4-14)2-10(16-9)15-7-3-8(11(18)19)17(5-7)12(20)21/h1-2,7-8H,3,5H2,(H,15,16)(H,18,19)(H,20,21)/t7-,8-/m0/s1. The zero-order chi connectivity index (χ0) is 15.6. The fourth-order valence-corrected chi connectivity index (χ4v) is 2.44. The summed E-state index contributed by atoms with van der Waals surface area (Å²) in [5.74, 6) is -0.890. The number of carbonyl (C=O) groups is 2. The quantitative estimate of drug-likeness (QED) is 0.716. The second-order valence-corrected chi connectivity index (χ2v) is 4.93. The van der Waals surface area contributed by atoms with Gasteiger partial charge in [0.1, 0.15) is 17.0 Å². The van der Waals surface area contributed by atoms with Crippen LogP contribution in [0.25, 0.3) is 0 Å². The fourth-order valence-electron chi connectivity index (χ4n) is 2.23. The van der Waals surface area contributed by atoms with Gasteiger partial charge in [0.15, 0.2) is 0 Å². The molecule has 1 aliphatic rings. The minimum Gasteiger partial charge on any atom is -0.480 e. The summed E-state index contributed by atoms with van der Waals surface area (Å²) in [5, 5.41) is 29.9. The van der Waals surface area contributed by atoms with E-state index in [4.69, 9.17) is 27.1 Å². The summed E-state index contributed by atoms with van der Waals surface area (Å²) in [4.78, 5) is 26.9. The van der Waals surface area contributed by atoms with E-state index >= 15 is 0 Å². The Labute approximate surface area is 124 Å². The SMILES string of the molecule is N#Cc1cc(Cl)nc(N[C@H]2C[C@@H](C(=O)O)N(C(=O)O)C2)c1. The molecule has 3 N–H and O–H groups in total. The molecule has 9 heteroatoms. The normalized spacial score (nSPS) is 20.9. The number of likely N-dealkylation sites (tertiary alicyclic amines) is 1. The molecule has 2 rings (SSSR count). The Bertz CT molecular complexity index is 608. The number of carboxylic acid groups (broad SMARTS) is 2. The van der Waals surface area contributed by atoms with E-state index in [1.807, 2.05) is 6.07 Å². The number of anilines is 1. The van der Waals surface area contributed by atoms with Crippen LogP contribution in [0.1, 0.15) is 12.0 Å². The largest absolute Gasteiger partial charge is 0.480 e. The van der Waals surface area contributed by atoms with Gasteiger partial charge in [0, 0.05) is 19.0 Å². The van der Waals surface area contributed by atoms with Crippen molar-refractivity contribution < 1.29 is 19.8 Å². The molecule has 8 nitrogen and oxygen atoms in total. The first kappa shape index (κ1) is 14.9. The highest BCUT2D eigenvalue weighted by molar-refractivity contribution is 6.29. The summed E-state index contributed by atoms with van der Waals surface area (Å²) in [7, 11) is 0. The number of carboxylic acids is 1. The molecule has 0 aliphatic carbocycles. The van der Waals surface area contributed by atoms with Gasteiger partial charge in [0.2, 0.25) is 0 Å². The number of amides is 1. The van der Waals surface area contributed by atoms with Gasteiger partial charge in [-0.25, -0.2) is 14.6 Å². The Hall–Kier alpha value is -2.53. The zero-order valence-electron chi connectivity index (χ0n) is 10.7. The van der Waals surface area contributed by atoms with Gasteiger partial charge in [0.05, 0.1) is 11.6 Å². The van der Waals surface area contributed by atoms with Crippen LogP contribution < -0.4 is 5.32 Å². The van der Waals surface area contributed by atoms with Gasteiger partial charge < -0.3 is 15.5 Å². The Morgan fingerprint density at radius 2 is 2.19 bits per heavy atom. The van der Waals surface area contributed by atoms with Crippen molar-refractivity contribution in [1.82, 2.24) is 9.88 Å². The lowest BCUT2D eigenvalue weighted by atomic mass is 10.1. The van der Waals surface area contributed by atoms with Crippen LogP contribution in [0.3, 0.4) is 0 Å². The average molecular weight is 311 g/mol. The third-order valence-electron chi connectivity index (χ3n) is 3.11. The first-order valence-corrected chi connectivity index (χ1v) is 6.35. The van der Waals surface area contributed by atoms with Crippen molar-refractivity contribution in [2.45, 2.75) is 18.5 Å². The topological polar surface area (TPSA) is 127 Å². The monoisotopic (exact) mass is 310 g/mol. The molecule has 1 aromatic heterocycles.